The number of methoxy groups -OCH3 is 1. The molecular weight excluding hydrogens is 234 g/mol. The predicted molar refractivity (Wildman–Crippen MR) is 64.2 cm³/mol. The maximum Gasteiger partial charge on any atom is 0.241 e. The van der Waals surface area contributed by atoms with Gasteiger partial charge >= 0.3 is 0 Å². The van der Waals surface area contributed by atoms with Crippen molar-refractivity contribution in [2.45, 2.75) is 6.04 Å². The van der Waals surface area contributed by atoms with Gasteiger partial charge in [0.2, 0.25) is 11.8 Å². The molecule has 1 saturated heterocycles. The summed E-state index contributed by atoms with van der Waals surface area (Å²) < 4.78 is 5.05. The molecular formula is C11H13N5O2. The number of carbonyl (C=O) groups excluding carboxylic acids is 1. The molecule has 0 aliphatic carbocycles. The lowest BCUT2D eigenvalue weighted by Crippen LogP contribution is -2.47. The average molecular weight is 247 g/mol. The highest BCUT2D eigenvalue weighted by atomic mass is 16.5. The molecule has 1 unspecified atom stereocenters. The van der Waals surface area contributed by atoms with Gasteiger partial charge in [-0.3, -0.25) is 4.79 Å². The molecule has 0 spiro atoms. The zero-order chi connectivity index (χ0) is 12.5. The number of rotatable bonds is 2. The van der Waals surface area contributed by atoms with Crippen molar-refractivity contribution < 1.29 is 9.53 Å². The fourth-order valence-electron chi connectivity index (χ4n) is 2.06. The summed E-state index contributed by atoms with van der Waals surface area (Å²) in [6.07, 6.45) is 3.30. The minimum Gasteiger partial charge on any atom is -0.480 e. The van der Waals surface area contributed by atoms with E-state index >= 15 is 0 Å². The van der Waals surface area contributed by atoms with Gasteiger partial charge in [-0.1, -0.05) is 0 Å². The van der Waals surface area contributed by atoms with Crippen LogP contribution in [0.1, 0.15) is 11.6 Å². The van der Waals surface area contributed by atoms with E-state index in [0.29, 0.717) is 23.6 Å². The minimum absolute atomic E-state index is 0.0493. The van der Waals surface area contributed by atoms with Crippen molar-refractivity contribution >= 4 is 17.1 Å². The Bertz CT molecular complexity index is 594. The summed E-state index contributed by atoms with van der Waals surface area (Å²) in [6.45, 7) is 1.38. The lowest BCUT2D eigenvalue weighted by molar-refractivity contribution is -0.124. The Kier molecular flexibility index (Phi) is 2.60. The van der Waals surface area contributed by atoms with Gasteiger partial charge in [0.25, 0.3) is 0 Å². The lowest BCUT2D eigenvalue weighted by atomic mass is 10.1. The van der Waals surface area contributed by atoms with Crippen LogP contribution in [0.3, 0.4) is 0 Å². The Balaban J connectivity index is 2.07. The highest BCUT2D eigenvalue weighted by Gasteiger charge is 2.26. The molecule has 2 aromatic rings. The highest BCUT2D eigenvalue weighted by molar-refractivity contribution is 5.89. The van der Waals surface area contributed by atoms with E-state index in [4.69, 9.17) is 4.74 Å². The van der Waals surface area contributed by atoms with Crippen molar-refractivity contribution in [2.75, 3.05) is 20.2 Å². The first-order valence-electron chi connectivity index (χ1n) is 5.68. The second kappa shape index (κ2) is 4.26. The van der Waals surface area contributed by atoms with E-state index in [-0.39, 0.29) is 5.91 Å². The molecule has 1 atom stereocenters. The third-order valence-corrected chi connectivity index (χ3v) is 2.94. The normalized spacial score (nSPS) is 19.8. The number of fused-ring (bicyclic) bond motifs is 1. The third-order valence-electron chi connectivity index (χ3n) is 2.94. The van der Waals surface area contributed by atoms with Gasteiger partial charge < -0.3 is 20.4 Å². The molecule has 1 aliphatic rings. The number of H-pyrrole nitrogens is 1. The van der Waals surface area contributed by atoms with Gasteiger partial charge in [-0.25, -0.2) is 9.97 Å². The largest absolute Gasteiger partial charge is 0.480 e. The van der Waals surface area contributed by atoms with E-state index in [0.717, 1.165) is 12.1 Å². The fraction of sp³-hybridized carbons (Fsp3) is 0.364. The number of hydrogen-bond donors (Lipinski definition) is 3. The fourth-order valence-corrected chi connectivity index (χ4v) is 2.06. The number of carbonyl (C=O) groups is 1. The number of ether oxygens (including phenoxy) is 1. The van der Waals surface area contributed by atoms with Crippen LogP contribution < -0.4 is 15.4 Å². The maximum absolute atomic E-state index is 11.8. The van der Waals surface area contributed by atoms with E-state index < -0.39 is 6.04 Å². The summed E-state index contributed by atoms with van der Waals surface area (Å²) in [5, 5.41) is 5.98. The van der Waals surface area contributed by atoms with Crippen LogP contribution in [0.2, 0.25) is 0 Å². The summed E-state index contributed by atoms with van der Waals surface area (Å²) in [6, 6.07) is -0.395. The first-order chi connectivity index (χ1) is 8.79. The van der Waals surface area contributed by atoms with E-state index in [1.54, 1.807) is 6.20 Å². The molecule has 0 aromatic carbocycles. The van der Waals surface area contributed by atoms with E-state index in [1.165, 1.54) is 13.3 Å². The molecule has 3 heterocycles. The van der Waals surface area contributed by atoms with Crippen LogP contribution in [0.4, 0.5) is 0 Å². The van der Waals surface area contributed by atoms with Crippen LogP contribution in [-0.2, 0) is 4.79 Å². The number of hydrogen-bond acceptors (Lipinski definition) is 5. The second-order valence-electron chi connectivity index (χ2n) is 4.03. The Morgan fingerprint density at radius 2 is 2.33 bits per heavy atom. The summed E-state index contributed by atoms with van der Waals surface area (Å²) in [5.74, 6) is 0.381. The molecule has 1 amide bonds. The monoisotopic (exact) mass is 247 g/mol. The smallest absolute Gasteiger partial charge is 0.241 e. The molecule has 18 heavy (non-hydrogen) atoms. The van der Waals surface area contributed by atoms with Crippen molar-refractivity contribution in [1.82, 2.24) is 25.6 Å². The standard InChI is InChI=1S/C11H13N5O2/c1-18-7-5-15-10-8(16-7)6(4-14-10)9-11(17)13-3-2-12-9/h4-5,9,12H,2-3H2,1H3,(H,13,17)(H,14,15). The molecule has 3 rings (SSSR count). The van der Waals surface area contributed by atoms with Gasteiger partial charge in [0, 0.05) is 24.8 Å². The zero-order valence-electron chi connectivity index (χ0n) is 9.86. The molecule has 0 saturated carbocycles. The van der Waals surface area contributed by atoms with Gasteiger partial charge in [-0.2, -0.15) is 0 Å². The maximum atomic E-state index is 11.8. The molecule has 0 radical (unpaired) electrons. The number of nitrogens with one attached hydrogen (secondary N) is 3. The Labute approximate surface area is 103 Å². The quantitative estimate of drug-likeness (QED) is 0.679. The van der Waals surface area contributed by atoms with Crippen molar-refractivity contribution in [2.24, 2.45) is 0 Å². The number of nitrogens with zero attached hydrogens (tertiary/aromatic N) is 2. The summed E-state index contributed by atoms with van der Waals surface area (Å²) in [4.78, 5) is 23.3. The molecule has 2 aromatic heterocycles. The predicted octanol–water partition coefficient (Wildman–Crippen LogP) is -0.273. The van der Waals surface area contributed by atoms with Gasteiger partial charge in [0.1, 0.15) is 11.6 Å². The Morgan fingerprint density at radius 1 is 1.44 bits per heavy atom. The summed E-state index contributed by atoms with van der Waals surface area (Å²) in [7, 11) is 1.54. The Hall–Kier alpha value is -2.15. The van der Waals surface area contributed by atoms with Crippen molar-refractivity contribution in [3.8, 4) is 5.88 Å². The molecule has 7 nitrogen and oxygen atoms in total. The number of amides is 1. The first kappa shape index (κ1) is 11.0. The number of aromatic amines is 1. The second-order valence-corrected chi connectivity index (χ2v) is 4.03. The van der Waals surface area contributed by atoms with Gasteiger partial charge in [-0.05, 0) is 0 Å². The molecule has 3 N–H and O–H groups in total. The van der Waals surface area contributed by atoms with E-state index in [2.05, 4.69) is 25.6 Å². The summed E-state index contributed by atoms with van der Waals surface area (Å²) in [5.41, 5.74) is 2.09. The summed E-state index contributed by atoms with van der Waals surface area (Å²) >= 11 is 0. The first-order valence-corrected chi connectivity index (χ1v) is 5.68. The lowest BCUT2D eigenvalue weighted by Gasteiger charge is -2.22. The molecule has 0 bridgehead atoms. The van der Waals surface area contributed by atoms with Crippen molar-refractivity contribution in [1.29, 1.82) is 0 Å². The number of aromatic nitrogens is 3. The van der Waals surface area contributed by atoms with Gasteiger partial charge in [0.05, 0.1) is 13.3 Å². The van der Waals surface area contributed by atoms with Crippen LogP contribution >= 0.6 is 0 Å². The van der Waals surface area contributed by atoms with Crippen molar-refractivity contribution in [3.63, 3.8) is 0 Å². The average Bonchev–Trinajstić information content (AvgIpc) is 2.82. The minimum atomic E-state index is -0.395. The van der Waals surface area contributed by atoms with Crippen molar-refractivity contribution in [3.05, 3.63) is 18.0 Å². The molecule has 94 valence electrons. The zero-order valence-corrected chi connectivity index (χ0v) is 9.86. The van der Waals surface area contributed by atoms with Crippen LogP contribution in [0.5, 0.6) is 5.88 Å². The van der Waals surface area contributed by atoms with Gasteiger partial charge in [-0.15, -0.1) is 0 Å². The number of piperazine rings is 1. The topological polar surface area (TPSA) is 91.9 Å². The third kappa shape index (κ3) is 1.68. The van der Waals surface area contributed by atoms with Crippen LogP contribution in [0, 0.1) is 0 Å². The van der Waals surface area contributed by atoms with E-state index in [9.17, 15) is 4.79 Å². The molecule has 7 heteroatoms. The highest BCUT2D eigenvalue weighted by Crippen LogP contribution is 2.24. The Morgan fingerprint density at radius 3 is 3.11 bits per heavy atom. The van der Waals surface area contributed by atoms with E-state index in [1.807, 2.05) is 0 Å². The molecule has 1 fully saturated rings. The van der Waals surface area contributed by atoms with Crippen LogP contribution in [0.15, 0.2) is 12.4 Å². The SMILES string of the molecule is COc1cnc2[nH]cc(C3NCCNC3=O)c2n1. The van der Waals surface area contributed by atoms with Crippen LogP contribution in [-0.4, -0.2) is 41.1 Å². The van der Waals surface area contributed by atoms with Gasteiger partial charge in [0.15, 0.2) is 5.65 Å². The molecule has 1 aliphatic heterocycles. The van der Waals surface area contributed by atoms with Crippen LogP contribution in [0.25, 0.3) is 11.2 Å².